The average molecular weight is 276 g/mol. The van der Waals surface area contributed by atoms with E-state index in [-0.39, 0.29) is 5.91 Å². The Morgan fingerprint density at radius 3 is 3.05 bits per heavy atom. The summed E-state index contributed by atoms with van der Waals surface area (Å²) < 4.78 is 0. The Labute approximate surface area is 116 Å². The van der Waals surface area contributed by atoms with Crippen LogP contribution in [0.3, 0.4) is 0 Å². The molecular formula is C13H16N4OS. The summed E-state index contributed by atoms with van der Waals surface area (Å²) in [6, 6.07) is 3.52. The van der Waals surface area contributed by atoms with Gasteiger partial charge in [0.1, 0.15) is 5.82 Å². The lowest BCUT2D eigenvalue weighted by molar-refractivity contribution is 0.0951. The zero-order valence-corrected chi connectivity index (χ0v) is 11.5. The number of thiazole rings is 1. The summed E-state index contributed by atoms with van der Waals surface area (Å²) in [5.74, 6) is 0.486. The highest BCUT2D eigenvalue weighted by Gasteiger charge is 2.11. The Kier molecular flexibility index (Phi) is 4.85. The molecule has 0 atom stereocenters. The van der Waals surface area contributed by atoms with Crippen molar-refractivity contribution < 1.29 is 4.79 Å². The van der Waals surface area contributed by atoms with Crippen LogP contribution in [-0.2, 0) is 6.54 Å². The van der Waals surface area contributed by atoms with Crippen LogP contribution in [0.5, 0.6) is 0 Å². The van der Waals surface area contributed by atoms with Crippen LogP contribution in [0.4, 0.5) is 5.82 Å². The average Bonchev–Trinajstić information content (AvgIpc) is 2.96. The van der Waals surface area contributed by atoms with Crippen LogP contribution in [-0.4, -0.2) is 22.4 Å². The van der Waals surface area contributed by atoms with Gasteiger partial charge >= 0.3 is 0 Å². The summed E-state index contributed by atoms with van der Waals surface area (Å²) in [4.78, 5) is 20.4. The quantitative estimate of drug-likeness (QED) is 0.849. The van der Waals surface area contributed by atoms with Crippen LogP contribution in [0.15, 0.2) is 29.2 Å². The molecule has 2 rings (SSSR count). The number of hydrogen-bond acceptors (Lipinski definition) is 5. The third kappa shape index (κ3) is 3.75. The van der Waals surface area contributed by atoms with Gasteiger partial charge in [-0.1, -0.05) is 6.92 Å². The minimum atomic E-state index is -0.139. The second kappa shape index (κ2) is 6.84. The Hall–Kier alpha value is -1.95. The van der Waals surface area contributed by atoms with Crippen LogP contribution < -0.4 is 10.6 Å². The molecule has 0 aliphatic rings. The van der Waals surface area contributed by atoms with E-state index >= 15 is 0 Å². The SMILES string of the molecule is CCCNc1ncccc1C(=O)NCc1cscn1. The minimum Gasteiger partial charge on any atom is -0.369 e. The Balaban J connectivity index is 2.01. The van der Waals surface area contributed by atoms with Crippen LogP contribution >= 0.6 is 11.3 Å². The van der Waals surface area contributed by atoms with Gasteiger partial charge in [0, 0.05) is 18.1 Å². The fourth-order valence-corrected chi connectivity index (χ4v) is 2.12. The molecule has 0 saturated carbocycles. The van der Waals surface area contributed by atoms with Gasteiger partial charge in [0.2, 0.25) is 0 Å². The van der Waals surface area contributed by atoms with Gasteiger partial charge in [-0.25, -0.2) is 9.97 Å². The molecule has 19 heavy (non-hydrogen) atoms. The maximum Gasteiger partial charge on any atom is 0.255 e. The molecule has 2 aromatic heterocycles. The second-order valence-electron chi connectivity index (χ2n) is 3.99. The van der Waals surface area contributed by atoms with Crippen LogP contribution in [0.2, 0.25) is 0 Å². The number of amides is 1. The van der Waals surface area contributed by atoms with Gasteiger partial charge in [-0.2, -0.15) is 0 Å². The zero-order chi connectivity index (χ0) is 13.5. The van der Waals surface area contributed by atoms with Gasteiger partial charge in [-0.15, -0.1) is 11.3 Å². The number of aromatic nitrogens is 2. The van der Waals surface area contributed by atoms with E-state index in [9.17, 15) is 4.79 Å². The van der Waals surface area contributed by atoms with Gasteiger partial charge in [0.15, 0.2) is 0 Å². The lowest BCUT2D eigenvalue weighted by Gasteiger charge is -2.09. The summed E-state index contributed by atoms with van der Waals surface area (Å²) in [7, 11) is 0. The zero-order valence-electron chi connectivity index (χ0n) is 10.7. The lowest BCUT2D eigenvalue weighted by atomic mass is 10.2. The van der Waals surface area contributed by atoms with E-state index in [0.29, 0.717) is 17.9 Å². The molecule has 0 spiro atoms. The first-order valence-corrected chi connectivity index (χ1v) is 7.09. The molecule has 0 unspecified atom stereocenters. The largest absolute Gasteiger partial charge is 0.369 e. The first-order valence-electron chi connectivity index (χ1n) is 6.15. The predicted molar refractivity (Wildman–Crippen MR) is 76.3 cm³/mol. The van der Waals surface area contributed by atoms with E-state index in [0.717, 1.165) is 18.7 Å². The number of nitrogens with one attached hydrogen (secondary N) is 2. The molecular weight excluding hydrogens is 260 g/mol. The number of rotatable bonds is 6. The van der Waals surface area contributed by atoms with E-state index in [2.05, 4.69) is 27.5 Å². The molecule has 2 aromatic rings. The summed E-state index contributed by atoms with van der Waals surface area (Å²) >= 11 is 1.51. The third-order valence-corrected chi connectivity index (χ3v) is 3.14. The molecule has 100 valence electrons. The molecule has 5 nitrogen and oxygen atoms in total. The molecule has 2 N–H and O–H groups in total. The highest BCUT2D eigenvalue weighted by molar-refractivity contribution is 7.07. The minimum absolute atomic E-state index is 0.139. The molecule has 0 saturated heterocycles. The molecule has 1 amide bonds. The van der Waals surface area contributed by atoms with Crippen molar-refractivity contribution in [3.8, 4) is 0 Å². The number of hydrogen-bond donors (Lipinski definition) is 2. The number of anilines is 1. The molecule has 0 aromatic carbocycles. The molecule has 0 aliphatic carbocycles. The van der Waals surface area contributed by atoms with Crippen molar-refractivity contribution in [2.75, 3.05) is 11.9 Å². The van der Waals surface area contributed by atoms with Crippen molar-refractivity contribution in [3.05, 3.63) is 40.5 Å². The van der Waals surface area contributed by atoms with Crippen molar-refractivity contribution in [1.82, 2.24) is 15.3 Å². The summed E-state index contributed by atoms with van der Waals surface area (Å²) in [5.41, 5.74) is 3.18. The van der Waals surface area contributed by atoms with Crippen molar-refractivity contribution in [1.29, 1.82) is 0 Å². The van der Waals surface area contributed by atoms with Crippen LogP contribution in [0.1, 0.15) is 29.4 Å². The van der Waals surface area contributed by atoms with Crippen molar-refractivity contribution in [2.45, 2.75) is 19.9 Å². The Morgan fingerprint density at radius 1 is 1.42 bits per heavy atom. The standard InChI is InChI=1S/C13H16N4OS/c1-2-5-14-12-11(4-3-6-15-12)13(18)16-7-10-8-19-9-17-10/h3-4,6,8-9H,2,5,7H2,1H3,(H,14,15)(H,16,18). The second-order valence-corrected chi connectivity index (χ2v) is 4.71. The molecule has 0 radical (unpaired) electrons. The maximum atomic E-state index is 12.1. The van der Waals surface area contributed by atoms with Gasteiger partial charge in [-0.05, 0) is 18.6 Å². The normalized spacial score (nSPS) is 10.2. The van der Waals surface area contributed by atoms with Crippen molar-refractivity contribution in [3.63, 3.8) is 0 Å². The molecule has 0 bridgehead atoms. The van der Waals surface area contributed by atoms with E-state index < -0.39 is 0 Å². The van der Waals surface area contributed by atoms with Crippen molar-refractivity contribution >= 4 is 23.1 Å². The fourth-order valence-electron chi connectivity index (χ4n) is 1.56. The number of carbonyl (C=O) groups excluding carboxylic acids is 1. The number of nitrogens with zero attached hydrogens (tertiary/aromatic N) is 2. The highest BCUT2D eigenvalue weighted by atomic mass is 32.1. The highest BCUT2D eigenvalue weighted by Crippen LogP contribution is 2.11. The Morgan fingerprint density at radius 2 is 2.32 bits per heavy atom. The van der Waals surface area contributed by atoms with Crippen LogP contribution in [0.25, 0.3) is 0 Å². The summed E-state index contributed by atoms with van der Waals surface area (Å²) in [6.45, 7) is 3.30. The molecule has 0 aliphatic heterocycles. The molecule has 2 heterocycles. The Bertz CT molecular complexity index is 527. The first kappa shape index (κ1) is 13.5. The van der Waals surface area contributed by atoms with Gasteiger partial charge in [-0.3, -0.25) is 4.79 Å². The predicted octanol–water partition coefficient (Wildman–Crippen LogP) is 2.29. The van der Waals surface area contributed by atoms with Gasteiger partial charge in [0.05, 0.1) is 23.3 Å². The van der Waals surface area contributed by atoms with Crippen LogP contribution in [0, 0.1) is 0 Å². The fraction of sp³-hybridized carbons (Fsp3) is 0.308. The van der Waals surface area contributed by atoms with E-state index in [1.807, 2.05) is 5.38 Å². The van der Waals surface area contributed by atoms with E-state index in [1.165, 1.54) is 11.3 Å². The molecule has 6 heteroatoms. The van der Waals surface area contributed by atoms with Gasteiger partial charge in [0.25, 0.3) is 5.91 Å². The first-order chi connectivity index (χ1) is 9.31. The topological polar surface area (TPSA) is 66.9 Å². The summed E-state index contributed by atoms with van der Waals surface area (Å²) in [5, 5.41) is 7.91. The monoisotopic (exact) mass is 276 g/mol. The van der Waals surface area contributed by atoms with Crippen molar-refractivity contribution in [2.24, 2.45) is 0 Å². The van der Waals surface area contributed by atoms with E-state index in [4.69, 9.17) is 0 Å². The maximum absolute atomic E-state index is 12.1. The lowest BCUT2D eigenvalue weighted by Crippen LogP contribution is -2.24. The smallest absolute Gasteiger partial charge is 0.255 e. The van der Waals surface area contributed by atoms with Gasteiger partial charge < -0.3 is 10.6 Å². The molecule has 0 fully saturated rings. The van der Waals surface area contributed by atoms with E-state index in [1.54, 1.807) is 23.8 Å². The summed E-state index contributed by atoms with van der Waals surface area (Å²) in [6.07, 6.45) is 2.66. The third-order valence-electron chi connectivity index (χ3n) is 2.51. The number of pyridine rings is 1. The number of carbonyl (C=O) groups is 1.